The van der Waals surface area contributed by atoms with Gasteiger partial charge in [-0.25, -0.2) is 0 Å². The van der Waals surface area contributed by atoms with Crippen molar-refractivity contribution in [2.24, 2.45) is 16.6 Å². The molecular formula is C10H23N3O. The minimum atomic E-state index is -0.477. The lowest BCUT2D eigenvalue weighted by Gasteiger charge is -2.29. The molecule has 0 aromatic heterocycles. The number of aliphatic imine (C=N–C) groups is 1. The quantitative estimate of drug-likeness (QED) is 0.463. The second kappa shape index (κ2) is 5.20. The molecule has 0 fully saturated rings. The minimum absolute atomic E-state index is 0.393. The van der Waals surface area contributed by atoms with E-state index in [1.807, 2.05) is 13.8 Å². The largest absolute Gasteiger partial charge is 0.391 e. The molecule has 1 unspecified atom stereocenters. The van der Waals surface area contributed by atoms with Crippen LogP contribution in [0.2, 0.25) is 0 Å². The van der Waals surface area contributed by atoms with Gasteiger partial charge in [0.25, 0.3) is 0 Å². The van der Waals surface area contributed by atoms with Gasteiger partial charge in [-0.1, -0.05) is 13.8 Å². The van der Waals surface area contributed by atoms with Gasteiger partial charge in [-0.05, 0) is 26.7 Å². The molecule has 0 aromatic rings. The van der Waals surface area contributed by atoms with Crippen molar-refractivity contribution < 1.29 is 5.11 Å². The lowest BCUT2D eigenvalue weighted by atomic mass is 9.99. The third-order valence-corrected chi connectivity index (χ3v) is 2.12. The number of guanidine groups is 1. The Morgan fingerprint density at radius 2 is 1.93 bits per heavy atom. The van der Waals surface area contributed by atoms with Crippen molar-refractivity contribution in [2.45, 2.75) is 46.3 Å². The second-order valence-corrected chi connectivity index (χ2v) is 4.64. The number of aliphatic hydroxyl groups is 1. The molecule has 0 spiro atoms. The molecule has 84 valence electrons. The van der Waals surface area contributed by atoms with E-state index < -0.39 is 11.6 Å². The van der Waals surface area contributed by atoms with Crippen LogP contribution in [0.3, 0.4) is 0 Å². The van der Waals surface area contributed by atoms with E-state index in [-0.39, 0.29) is 0 Å². The van der Waals surface area contributed by atoms with Gasteiger partial charge < -0.3 is 16.2 Å². The number of hydrogen-bond donors (Lipinski definition) is 3. The maximum atomic E-state index is 9.43. The Morgan fingerprint density at radius 3 is 2.29 bits per heavy atom. The van der Waals surface area contributed by atoms with Crippen molar-refractivity contribution in [3.05, 3.63) is 0 Å². The molecule has 0 rings (SSSR count). The first kappa shape index (κ1) is 13.2. The Labute approximate surface area is 86.6 Å². The summed E-state index contributed by atoms with van der Waals surface area (Å²) in [5.74, 6) is 0.884. The maximum Gasteiger partial charge on any atom is 0.189 e. The Bertz CT molecular complexity index is 198. The molecule has 0 saturated carbocycles. The molecule has 4 N–H and O–H groups in total. The van der Waals surface area contributed by atoms with Gasteiger partial charge in [0, 0.05) is 6.54 Å². The summed E-state index contributed by atoms with van der Waals surface area (Å²) in [7, 11) is 0. The first-order valence-electron chi connectivity index (χ1n) is 5.02. The molecule has 0 aliphatic carbocycles. The van der Waals surface area contributed by atoms with Crippen molar-refractivity contribution in [1.29, 1.82) is 0 Å². The van der Waals surface area contributed by atoms with Gasteiger partial charge in [-0.3, -0.25) is 4.99 Å². The van der Waals surface area contributed by atoms with Crippen LogP contribution in [-0.4, -0.2) is 29.3 Å². The van der Waals surface area contributed by atoms with E-state index in [1.165, 1.54) is 0 Å². The van der Waals surface area contributed by atoms with Crippen LogP contribution >= 0.6 is 0 Å². The summed E-state index contributed by atoms with van der Waals surface area (Å²) < 4.78 is 0. The highest BCUT2D eigenvalue weighted by molar-refractivity contribution is 5.78. The van der Waals surface area contributed by atoms with Gasteiger partial charge in [0.15, 0.2) is 5.96 Å². The second-order valence-electron chi connectivity index (χ2n) is 4.64. The summed E-state index contributed by atoms with van der Waals surface area (Å²) in [4.78, 5) is 4.16. The monoisotopic (exact) mass is 201 g/mol. The fourth-order valence-corrected chi connectivity index (χ4v) is 0.755. The zero-order valence-electron chi connectivity index (χ0n) is 9.83. The highest BCUT2D eigenvalue weighted by Gasteiger charge is 2.24. The Hall–Kier alpha value is -0.770. The third-order valence-electron chi connectivity index (χ3n) is 2.12. The predicted octanol–water partition coefficient (Wildman–Crippen LogP) is 0.706. The highest BCUT2D eigenvalue weighted by Crippen LogP contribution is 2.07. The van der Waals surface area contributed by atoms with Crippen molar-refractivity contribution >= 4 is 5.96 Å². The van der Waals surface area contributed by atoms with Gasteiger partial charge in [0.1, 0.15) is 0 Å². The van der Waals surface area contributed by atoms with Crippen LogP contribution < -0.4 is 11.1 Å². The molecule has 0 aromatic carbocycles. The molecular weight excluding hydrogens is 178 g/mol. The van der Waals surface area contributed by atoms with Gasteiger partial charge in [-0.2, -0.15) is 0 Å². The summed E-state index contributed by atoms with van der Waals surface area (Å²) in [6, 6.07) is 0. The van der Waals surface area contributed by atoms with Crippen LogP contribution in [0.5, 0.6) is 0 Å². The Morgan fingerprint density at radius 1 is 1.43 bits per heavy atom. The lowest BCUT2D eigenvalue weighted by molar-refractivity contribution is 0.109. The molecule has 4 heteroatoms. The summed E-state index contributed by atoms with van der Waals surface area (Å²) in [5.41, 5.74) is 5.23. The van der Waals surface area contributed by atoms with Crippen molar-refractivity contribution in [2.75, 3.05) is 6.54 Å². The molecule has 0 amide bonds. The molecule has 0 aliphatic heterocycles. The average Bonchev–Trinajstić information content (AvgIpc) is 1.99. The summed E-state index contributed by atoms with van der Waals surface area (Å²) in [6.07, 6.45) is -0.477. The molecule has 4 nitrogen and oxygen atoms in total. The van der Waals surface area contributed by atoms with Crippen LogP contribution in [0.25, 0.3) is 0 Å². The summed E-state index contributed by atoms with van der Waals surface area (Å²) in [5, 5.41) is 12.4. The first-order chi connectivity index (χ1) is 6.25. The van der Waals surface area contributed by atoms with Crippen LogP contribution in [0.15, 0.2) is 4.99 Å². The fourth-order valence-electron chi connectivity index (χ4n) is 0.755. The van der Waals surface area contributed by atoms with Crippen LogP contribution in [0.4, 0.5) is 0 Å². The minimum Gasteiger partial charge on any atom is -0.391 e. The normalized spacial score (nSPS) is 15.8. The van der Waals surface area contributed by atoms with E-state index in [2.05, 4.69) is 24.2 Å². The van der Waals surface area contributed by atoms with Gasteiger partial charge in [-0.15, -0.1) is 0 Å². The Balaban J connectivity index is 4.17. The number of nitrogens with two attached hydrogens (primary N) is 1. The van der Waals surface area contributed by atoms with E-state index in [0.717, 1.165) is 0 Å². The molecule has 0 bridgehead atoms. The number of nitrogens with one attached hydrogen (secondary N) is 1. The SMILES string of the molecule is CC(C)CN=C(N)NC(C)(C)C(C)O. The van der Waals surface area contributed by atoms with Crippen LogP contribution in [-0.2, 0) is 0 Å². The smallest absolute Gasteiger partial charge is 0.189 e. The van der Waals surface area contributed by atoms with Gasteiger partial charge in [0.2, 0.25) is 0 Å². The summed E-state index contributed by atoms with van der Waals surface area (Å²) >= 11 is 0. The number of nitrogens with zero attached hydrogens (tertiary/aromatic N) is 1. The number of rotatable bonds is 4. The van der Waals surface area contributed by atoms with Crippen molar-refractivity contribution in [1.82, 2.24) is 5.32 Å². The van der Waals surface area contributed by atoms with E-state index in [9.17, 15) is 5.11 Å². The fraction of sp³-hybridized carbons (Fsp3) is 0.900. The van der Waals surface area contributed by atoms with Crippen molar-refractivity contribution in [3.63, 3.8) is 0 Å². The molecule has 0 radical (unpaired) electrons. The predicted molar refractivity (Wildman–Crippen MR) is 60.2 cm³/mol. The van der Waals surface area contributed by atoms with E-state index in [0.29, 0.717) is 18.4 Å². The lowest BCUT2D eigenvalue weighted by Crippen LogP contribution is -2.53. The zero-order chi connectivity index (χ0) is 11.4. The highest BCUT2D eigenvalue weighted by atomic mass is 16.3. The van der Waals surface area contributed by atoms with E-state index >= 15 is 0 Å². The number of aliphatic hydroxyl groups excluding tert-OH is 1. The van der Waals surface area contributed by atoms with Gasteiger partial charge in [0.05, 0.1) is 11.6 Å². The molecule has 0 heterocycles. The molecule has 0 aliphatic rings. The third kappa shape index (κ3) is 5.07. The first-order valence-corrected chi connectivity index (χ1v) is 5.02. The number of hydrogen-bond acceptors (Lipinski definition) is 2. The van der Waals surface area contributed by atoms with E-state index in [4.69, 9.17) is 5.73 Å². The van der Waals surface area contributed by atoms with Gasteiger partial charge >= 0.3 is 0 Å². The van der Waals surface area contributed by atoms with Crippen molar-refractivity contribution in [3.8, 4) is 0 Å². The Kier molecular flexibility index (Phi) is 4.91. The molecule has 1 atom stereocenters. The molecule has 14 heavy (non-hydrogen) atoms. The molecule has 0 saturated heterocycles. The summed E-state index contributed by atoms with van der Waals surface area (Å²) in [6.45, 7) is 10.4. The average molecular weight is 201 g/mol. The standard InChI is InChI=1S/C10H23N3O/c1-7(2)6-12-9(11)13-10(4,5)8(3)14/h7-8,14H,6H2,1-5H3,(H3,11,12,13). The van der Waals surface area contributed by atoms with E-state index in [1.54, 1.807) is 6.92 Å². The zero-order valence-corrected chi connectivity index (χ0v) is 9.83. The maximum absolute atomic E-state index is 9.43. The van der Waals surface area contributed by atoms with Crippen LogP contribution in [0, 0.1) is 5.92 Å². The topological polar surface area (TPSA) is 70.6 Å². The van der Waals surface area contributed by atoms with Crippen LogP contribution in [0.1, 0.15) is 34.6 Å².